The van der Waals surface area contributed by atoms with Crippen LogP contribution in [-0.2, 0) is 9.59 Å². The van der Waals surface area contributed by atoms with E-state index in [0.717, 1.165) is 12.8 Å². The van der Waals surface area contributed by atoms with E-state index in [1.54, 1.807) is 0 Å². The summed E-state index contributed by atoms with van der Waals surface area (Å²) in [6, 6.07) is -0.121. The van der Waals surface area contributed by atoms with Gasteiger partial charge in [0.25, 0.3) is 0 Å². The molecule has 1 heterocycles. The smallest absolute Gasteiger partial charge is 0.248 e. The summed E-state index contributed by atoms with van der Waals surface area (Å²) in [5.74, 6) is 1.25. The fraction of sp³-hybridized carbons (Fsp3) is 0.875. The van der Waals surface area contributed by atoms with E-state index in [-0.39, 0.29) is 23.9 Å². The first kappa shape index (κ1) is 15.3. The summed E-state index contributed by atoms with van der Waals surface area (Å²) in [6.45, 7) is 10.1. The number of rotatable bonds is 3. The summed E-state index contributed by atoms with van der Waals surface area (Å²) in [4.78, 5) is 27.0. The molecule has 0 radical (unpaired) electrons. The van der Waals surface area contributed by atoms with Gasteiger partial charge < -0.3 is 10.2 Å². The molecule has 114 valence electrons. The number of nitrogens with zero attached hydrogens (tertiary/aromatic N) is 1. The number of hydrogen-bond donors (Lipinski definition) is 1. The zero-order chi connectivity index (χ0) is 15.1. The molecule has 0 aromatic heterocycles. The lowest BCUT2D eigenvalue weighted by Crippen LogP contribution is -2.70. The lowest BCUT2D eigenvalue weighted by Gasteiger charge is -2.47. The largest absolute Gasteiger partial charge is 0.340 e. The van der Waals surface area contributed by atoms with Crippen LogP contribution in [0.5, 0.6) is 0 Å². The topological polar surface area (TPSA) is 49.4 Å². The average Bonchev–Trinajstić information content (AvgIpc) is 2.78. The van der Waals surface area contributed by atoms with Crippen LogP contribution in [0.25, 0.3) is 0 Å². The summed E-state index contributed by atoms with van der Waals surface area (Å²) >= 11 is 0. The molecule has 1 aliphatic carbocycles. The second-order valence-electron chi connectivity index (χ2n) is 6.74. The first-order valence-electron chi connectivity index (χ1n) is 8.00. The van der Waals surface area contributed by atoms with Crippen LogP contribution in [0.1, 0.15) is 60.3 Å². The van der Waals surface area contributed by atoms with E-state index < -0.39 is 5.54 Å². The summed E-state index contributed by atoms with van der Waals surface area (Å²) in [5.41, 5.74) is -0.729. The second-order valence-corrected chi connectivity index (χ2v) is 6.74. The predicted octanol–water partition coefficient (Wildman–Crippen LogP) is 2.33. The van der Waals surface area contributed by atoms with Gasteiger partial charge in [-0.25, -0.2) is 0 Å². The monoisotopic (exact) mass is 280 g/mol. The highest BCUT2D eigenvalue weighted by atomic mass is 16.2. The molecule has 4 nitrogen and oxygen atoms in total. The zero-order valence-electron chi connectivity index (χ0n) is 13.4. The molecule has 1 N–H and O–H groups in total. The first-order chi connectivity index (χ1) is 9.35. The van der Waals surface area contributed by atoms with Gasteiger partial charge in [-0.15, -0.1) is 0 Å². The van der Waals surface area contributed by atoms with Gasteiger partial charge in [0.05, 0.1) is 0 Å². The van der Waals surface area contributed by atoms with E-state index in [0.29, 0.717) is 18.3 Å². The van der Waals surface area contributed by atoms with Crippen molar-refractivity contribution in [2.24, 2.45) is 11.8 Å². The maximum Gasteiger partial charge on any atom is 0.248 e. The highest BCUT2D eigenvalue weighted by Crippen LogP contribution is 2.39. The number of nitrogens with one attached hydrogen (secondary N) is 1. The van der Waals surface area contributed by atoms with Gasteiger partial charge in [-0.1, -0.05) is 27.2 Å². The molecule has 2 fully saturated rings. The van der Waals surface area contributed by atoms with Crippen molar-refractivity contribution in [3.05, 3.63) is 0 Å². The number of hydrogen-bond acceptors (Lipinski definition) is 2. The third kappa shape index (κ3) is 2.23. The van der Waals surface area contributed by atoms with Crippen molar-refractivity contribution in [1.82, 2.24) is 10.2 Å². The first-order valence-corrected chi connectivity index (χ1v) is 8.00. The van der Waals surface area contributed by atoms with Gasteiger partial charge in [0.1, 0.15) is 11.6 Å². The molecule has 0 spiro atoms. The Kier molecular flexibility index (Phi) is 4.12. The molecular formula is C16H28N2O2. The maximum atomic E-state index is 12.9. The Morgan fingerprint density at radius 1 is 1.25 bits per heavy atom. The molecule has 0 aromatic carbocycles. The molecule has 2 amide bonds. The minimum atomic E-state index is -0.729. The van der Waals surface area contributed by atoms with Gasteiger partial charge in [-0.05, 0) is 44.9 Å². The Bertz CT molecular complexity index is 409. The SMILES string of the molecule is CCC1CCC(N2C(=O)C(C)(CC)NC(=O)C2C)C1C. The van der Waals surface area contributed by atoms with Crippen LogP contribution in [0, 0.1) is 11.8 Å². The van der Waals surface area contributed by atoms with Crippen LogP contribution in [0.2, 0.25) is 0 Å². The Labute approximate surface area is 122 Å². The molecule has 0 bridgehead atoms. The summed E-state index contributed by atoms with van der Waals surface area (Å²) < 4.78 is 0. The molecule has 1 aliphatic heterocycles. The fourth-order valence-electron chi connectivity index (χ4n) is 3.89. The van der Waals surface area contributed by atoms with Crippen LogP contribution >= 0.6 is 0 Å². The number of piperazine rings is 1. The van der Waals surface area contributed by atoms with Crippen molar-refractivity contribution in [3.63, 3.8) is 0 Å². The van der Waals surface area contributed by atoms with Crippen molar-refractivity contribution in [2.45, 2.75) is 77.9 Å². The van der Waals surface area contributed by atoms with Gasteiger partial charge in [-0.3, -0.25) is 9.59 Å². The molecule has 20 heavy (non-hydrogen) atoms. The molecule has 1 saturated heterocycles. The highest BCUT2D eigenvalue weighted by molar-refractivity contribution is 5.99. The lowest BCUT2D eigenvalue weighted by molar-refractivity contribution is -0.157. The van der Waals surface area contributed by atoms with Gasteiger partial charge in [0, 0.05) is 6.04 Å². The van der Waals surface area contributed by atoms with Crippen molar-refractivity contribution < 1.29 is 9.59 Å². The number of amides is 2. The molecule has 5 atom stereocenters. The van der Waals surface area contributed by atoms with Gasteiger partial charge in [0.2, 0.25) is 11.8 Å². The predicted molar refractivity (Wildman–Crippen MR) is 79.1 cm³/mol. The van der Waals surface area contributed by atoms with Crippen LogP contribution in [0.15, 0.2) is 0 Å². The van der Waals surface area contributed by atoms with Crippen molar-refractivity contribution >= 4 is 11.8 Å². The molecule has 1 saturated carbocycles. The fourth-order valence-corrected chi connectivity index (χ4v) is 3.89. The van der Waals surface area contributed by atoms with Crippen LogP contribution in [0.3, 0.4) is 0 Å². The quantitative estimate of drug-likeness (QED) is 0.862. The average molecular weight is 280 g/mol. The molecule has 5 unspecified atom stereocenters. The standard InChI is InChI=1S/C16H28N2O2/c1-6-12-8-9-13(10(12)3)18-11(4)14(19)17-16(5,7-2)15(18)20/h10-13H,6-9H2,1-5H3,(H,17,19). The van der Waals surface area contributed by atoms with Crippen LogP contribution in [0.4, 0.5) is 0 Å². The van der Waals surface area contributed by atoms with Crippen molar-refractivity contribution in [1.29, 1.82) is 0 Å². The third-order valence-corrected chi connectivity index (χ3v) is 5.67. The minimum Gasteiger partial charge on any atom is -0.340 e. The van der Waals surface area contributed by atoms with E-state index in [9.17, 15) is 9.59 Å². The van der Waals surface area contributed by atoms with Crippen LogP contribution < -0.4 is 5.32 Å². The lowest BCUT2D eigenvalue weighted by atomic mass is 9.87. The van der Waals surface area contributed by atoms with Crippen molar-refractivity contribution in [3.8, 4) is 0 Å². The normalized spacial score (nSPS) is 42.0. The molecule has 0 aromatic rings. The summed E-state index contributed by atoms with van der Waals surface area (Å²) in [7, 11) is 0. The second kappa shape index (κ2) is 5.38. The van der Waals surface area contributed by atoms with E-state index in [1.807, 2.05) is 25.7 Å². The summed E-state index contributed by atoms with van der Waals surface area (Å²) in [5, 5.41) is 2.91. The molecular weight excluding hydrogens is 252 g/mol. The maximum absolute atomic E-state index is 12.9. The van der Waals surface area contributed by atoms with Crippen molar-refractivity contribution in [2.75, 3.05) is 0 Å². The number of carbonyl (C=O) groups excluding carboxylic acids is 2. The molecule has 2 aliphatic rings. The molecule has 2 rings (SSSR count). The molecule has 4 heteroatoms. The van der Waals surface area contributed by atoms with Gasteiger partial charge in [-0.2, -0.15) is 0 Å². The minimum absolute atomic E-state index is 0.0129. The Morgan fingerprint density at radius 3 is 2.40 bits per heavy atom. The Balaban J connectivity index is 2.28. The van der Waals surface area contributed by atoms with Gasteiger partial charge >= 0.3 is 0 Å². The van der Waals surface area contributed by atoms with E-state index in [1.165, 1.54) is 6.42 Å². The number of carbonyl (C=O) groups is 2. The van der Waals surface area contributed by atoms with E-state index in [4.69, 9.17) is 0 Å². The highest BCUT2D eigenvalue weighted by Gasteiger charge is 2.50. The summed E-state index contributed by atoms with van der Waals surface area (Å²) in [6.07, 6.45) is 4.00. The third-order valence-electron chi connectivity index (χ3n) is 5.67. The van der Waals surface area contributed by atoms with Crippen LogP contribution in [-0.4, -0.2) is 34.3 Å². The van der Waals surface area contributed by atoms with Gasteiger partial charge in [0.15, 0.2) is 0 Å². The Hall–Kier alpha value is -1.06. The van der Waals surface area contributed by atoms with E-state index in [2.05, 4.69) is 19.2 Å². The Morgan fingerprint density at radius 2 is 1.90 bits per heavy atom. The zero-order valence-corrected chi connectivity index (χ0v) is 13.4. The van der Waals surface area contributed by atoms with E-state index >= 15 is 0 Å².